The van der Waals surface area contributed by atoms with E-state index in [4.69, 9.17) is 0 Å². The third-order valence-electron chi connectivity index (χ3n) is 4.54. The number of rotatable bonds is 3. The molecule has 7 nitrogen and oxygen atoms in total. The van der Waals surface area contributed by atoms with E-state index < -0.39 is 17.0 Å². The summed E-state index contributed by atoms with van der Waals surface area (Å²) in [6.45, 7) is 0.785. The van der Waals surface area contributed by atoms with Crippen molar-refractivity contribution in [2.24, 2.45) is 11.8 Å². The van der Waals surface area contributed by atoms with Crippen molar-refractivity contribution in [3.05, 3.63) is 29.3 Å². The molecular weight excluding hydrogens is 321 g/mol. The minimum Gasteiger partial charge on any atom is -0.423 e. The first kappa shape index (κ1) is 16.2. The number of hydrogen-bond donors (Lipinski definition) is 2. The molecule has 0 spiro atoms. The molecule has 1 amide bonds. The lowest BCUT2D eigenvalue weighted by Crippen LogP contribution is -2.35. The molecule has 2 aliphatic rings. The third kappa shape index (κ3) is 3.04. The first-order valence-corrected chi connectivity index (χ1v) is 9.08. The van der Waals surface area contributed by atoms with Gasteiger partial charge in [-0.25, -0.2) is 8.42 Å². The second-order valence-corrected chi connectivity index (χ2v) is 8.30. The largest absolute Gasteiger partial charge is 0.489 e. The fraction of sp³-hybridized carbons (Fsp3) is 0.429. The molecule has 2 fully saturated rings. The molecule has 3 rings (SSSR count). The molecule has 1 aromatic carbocycles. The molecule has 0 radical (unpaired) electrons. The lowest BCUT2D eigenvalue weighted by atomic mass is 9.77. The van der Waals surface area contributed by atoms with E-state index in [0.29, 0.717) is 19.4 Å². The highest BCUT2D eigenvalue weighted by atomic mass is 32.2. The molecule has 2 aliphatic heterocycles. The number of likely N-dealkylation sites (tertiary alicyclic amines) is 1. The number of sulfone groups is 1. The second kappa shape index (κ2) is 5.74. The van der Waals surface area contributed by atoms with E-state index in [-0.39, 0.29) is 45.8 Å². The first-order chi connectivity index (χ1) is 10.8. The molecule has 9 heteroatoms. The van der Waals surface area contributed by atoms with Crippen molar-refractivity contribution in [2.75, 3.05) is 24.6 Å². The molecule has 2 atom stereocenters. The van der Waals surface area contributed by atoms with E-state index in [2.05, 4.69) is 0 Å². The molecule has 23 heavy (non-hydrogen) atoms. The molecule has 2 saturated heterocycles. The minimum absolute atomic E-state index is 0.0203. The fourth-order valence-corrected chi connectivity index (χ4v) is 5.63. The van der Waals surface area contributed by atoms with E-state index in [1.54, 1.807) is 4.90 Å². The van der Waals surface area contributed by atoms with Crippen LogP contribution in [0.4, 0.5) is 0 Å². The van der Waals surface area contributed by atoms with E-state index in [1.165, 1.54) is 18.2 Å². The van der Waals surface area contributed by atoms with E-state index >= 15 is 0 Å². The Labute approximate surface area is 134 Å². The van der Waals surface area contributed by atoms with Crippen LogP contribution in [0.1, 0.15) is 20.7 Å². The van der Waals surface area contributed by atoms with Crippen LogP contribution in [-0.4, -0.2) is 67.3 Å². The number of carbonyl (C=O) groups excluding carboxylic acids is 2. The van der Waals surface area contributed by atoms with Gasteiger partial charge in [-0.1, -0.05) is 6.07 Å². The Balaban J connectivity index is 1.79. The molecular formula is C14H16BNO6S. The van der Waals surface area contributed by atoms with Crippen LogP contribution in [0.25, 0.3) is 0 Å². The van der Waals surface area contributed by atoms with Gasteiger partial charge in [-0.3, -0.25) is 9.59 Å². The van der Waals surface area contributed by atoms with Gasteiger partial charge in [0, 0.05) is 24.2 Å². The normalized spacial score (nSPS) is 25.2. The highest BCUT2D eigenvalue weighted by Crippen LogP contribution is 2.33. The van der Waals surface area contributed by atoms with E-state index in [1.807, 2.05) is 0 Å². The number of fused-ring (bicyclic) bond motifs is 1. The fourth-order valence-electron chi connectivity index (χ4n) is 3.43. The zero-order valence-electron chi connectivity index (χ0n) is 12.3. The predicted molar refractivity (Wildman–Crippen MR) is 83.2 cm³/mol. The maximum Gasteiger partial charge on any atom is 0.489 e. The molecule has 0 aliphatic carbocycles. The summed E-state index contributed by atoms with van der Waals surface area (Å²) in [7, 11) is -4.77. The second-order valence-electron chi connectivity index (χ2n) is 6.14. The predicted octanol–water partition coefficient (Wildman–Crippen LogP) is -1.70. The highest BCUT2D eigenvalue weighted by molar-refractivity contribution is 7.91. The Hall–Kier alpha value is -1.71. The van der Waals surface area contributed by atoms with E-state index in [0.717, 1.165) is 0 Å². The Morgan fingerprint density at radius 1 is 1.22 bits per heavy atom. The summed E-state index contributed by atoms with van der Waals surface area (Å²) in [5.74, 6) is -0.0761. The Morgan fingerprint density at radius 3 is 2.35 bits per heavy atom. The van der Waals surface area contributed by atoms with Gasteiger partial charge in [0.2, 0.25) is 0 Å². The van der Waals surface area contributed by atoms with Crippen LogP contribution in [0.3, 0.4) is 0 Å². The van der Waals surface area contributed by atoms with Gasteiger partial charge in [0.1, 0.15) is 6.29 Å². The molecule has 1 aromatic rings. The smallest absolute Gasteiger partial charge is 0.423 e. The number of hydrogen-bond acceptors (Lipinski definition) is 6. The average molecular weight is 337 g/mol. The van der Waals surface area contributed by atoms with Crippen molar-refractivity contribution in [1.82, 2.24) is 4.90 Å². The molecule has 0 unspecified atom stereocenters. The number of carbonyl (C=O) groups is 2. The van der Waals surface area contributed by atoms with Gasteiger partial charge in [0.25, 0.3) is 5.91 Å². The Morgan fingerprint density at radius 2 is 1.83 bits per heavy atom. The summed E-state index contributed by atoms with van der Waals surface area (Å²) in [6.07, 6.45) is 0.469. The summed E-state index contributed by atoms with van der Waals surface area (Å²) in [4.78, 5) is 25.2. The summed E-state index contributed by atoms with van der Waals surface area (Å²) >= 11 is 0. The third-order valence-corrected chi connectivity index (χ3v) is 6.41. The molecule has 122 valence electrons. The first-order valence-electron chi connectivity index (χ1n) is 7.25. The van der Waals surface area contributed by atoms with Crippen LogP contribution in [0, 0.1) is 11.8 Å². The molecule has 0 bridgehead atoms. The number of benzene rings is 1. The van der Waals surface area contributed by atoms with Crippen molar-refractivity contribution in [2.45, 2.75) is 0 Å². The molecule has 2 N–H and O–H groups in total. The molecule has 0 aromatic heterocycles. The van der Waals surface area contributed by atoms with Gasteiger partial charge >= 0.3 is 7.12 Å². The van der Waals surface area contributed by atoms with Crippen molar-refractivity contribution >= 4 is 34.6 Å². The topological polar surface area (TPSA) is 112 Å². The minimum atomic E-state index is -2.98. The van der Waals surface area contributed by atoms with Crippen LogP contribution in [0.2, 0.25) is 0 Å². The van der Waals surface area contributed by atoms with Crippen molar-refractivity contribution in [1.29, 1.82) is 0 Å². The molecule has 0 saturated carbocycles. The van der Waals surface area contributed by atoms with Gasteiger partial charge in [-0.05, 0) is 29.4 Å². The van der Waals surface area contributed by atoms with Crippen LogP contribution >= 0.6 is 0 Å². The maximum absolute atomic E-state index is 12.5. The zero-order valence-corrected chi connectivity index (χ0v) is 13.1. The lowest BCUT2D eigenvalue weighted by Gasteiger charge is -2.18. The van der Waals surface area contributed by atoms with Crippen molar-refractivity contribution < 1.29 is 28.1 Å². The summed E-state index contributed by atoms with van der Waals surface area (Å²) < 4.78 is 23.2. The van der Waals surface area contributed by atoms with Gasteiger partial charge < -0.3 is 14.9 Å². The standard InChI is InChI=1S/C14H16BNO6S/c17-6-10-3-9(1-2-13(10)15(19)20)14(18)16-4-11-7-23(21,22)8-12(11)5-16/h1-3,6,11-12,19-20H,4-5,7-8H2/t11-,12+. The molecule has 2 heterocycles. The average Bonchev–Trinajstić information content (AvgIpc) is 2.99. The van der Waals surface area contributed by atoms with Gasteiger partial charge in [-0.15, -0.1) is 0 Å². The summed E-state index contributed by atoms with van der Waals surface area (Å²) in [5, 5.41) is 18.4. The quantitative estimate of drug-likeness (QED) is 0.502. The van der Waals surface area contributed by atoms with Gasteiger partial charge in [0.05, 0.1) is 11.5 Å². The van der Waals surface area contributed by atoms with Crippen LogP contribution in [-0.2, 0) is 9.84 Å². The lowest BCUT2D eigenvalue weighted by molar-refractivity contribution is 0.0784. The number of amides is 1. The van der Waals surface area contributed by atoms with Crippen molar-refractivity contribution in [3.63, 3.8) is 0 Å². The SMILES string of the molecule is O=Cc1cc(C(=O)N2C[C@@H]3CS(=O)(=O)C[C@@H]3C2)ccc1B(O)O. The highest BCUT2D eigenvalue weighted by Gasteiger charge is 2.45. The number of aldehydes is 1. The summed E-state index contributed by atoms with van der Waals surface area (Å²) in [6, 6.07) is 4.10. The Kier molecular flexibility index (Phi) is 4.03. The number of nitrogens with zero attached hydrogens (tertiary/aromatic N) is 1. The van der Waals surface area contributed by atoms with Crippen LogP contribution < -0.4 is 5.46 Å². The Bertz CT molecular complexity index is 743. The van der Waals surface area contributed by atoms with Gasteiger partial charge in [-0.2, -0.15) is 0 Å². The van der Waals surface area contributed by atoms with Crippen LogP contribution in [0.15, 0.2) is 18.2 Å². The van der Waals surface area contributed by atoms with Gasteiger partial charge in [0.15, 0.2) is 9.84 Å². The summed E-state index contributed by atoms with van der Waals surface area (Å²) in [5.41, 5.74) is 0.369. The zero-order chi connectivity index (χ0) is 16.8. The monoisotopic (exact) mass is 337 g/mol. The van der Waals surface area contributed by atoms with Crippen LogP contribution in [0.5, 0.6) is 0 Å². The maximum atomic E-state index is 12.5. The van der Waals surface area contributed by atoms with Crippen molar-refractivity contribution in [3.8, 4) is 0 Å². The van der Waals surface area contributed by atoms with E-state index in [9.17, 15) is 28.1 Å².